The Kier molecular flexibility index (Phi) is 4.85. The molecule has 0 radical (unpaired) electrons. The van der Waals surface area contributed by atoms with Gasteiger partial charge >= 0.3 is 0 Å². The van der Waals surface area contributed by atoms with E-state index in [0.29, 0.717) is 11.6 Å². The third-order valence-electron chi connectivity index (χ3n) is 10.1. The number of nitrogens with zero attached hydrogens (tertiary/aromatic N) is 5. The van der Waals surface area contributed by atoms with Crippen LogP contribution in [0.5, 0.6) is 0 Å². The summed E-state index contributed by atoms with van der Waals surface area (Å²) in [5.74, 6) is 0.621. The summed E-state index contributed by atoms with van der Waals surface area (Å²) >= 11 is 0. The Morgan fingerprint density at radius 1 is 0.500 bits per heavy atom. The highest BCUT2D eigenvalue weighted by atomic mass is 15.2. The van der Waals surface area contributed by atoms with E-state index < -0.39 is 0 Å². The maximum absolute atomic E-state index is 7.45. The molecule has 0 amide bonds. The maximum atomic E-state index is 7.45. The van der Waals surface area contributed by atoms with Gasteiger partial charge < -0.3 is 4.40 Å². The zero-order valence-corrected chi connectivity index (χ0v) is 25.5. The van der Waals surface area contributed by atoms with E-state index in [2.05, 4.69) is 117 Å². The molecule has 0 aliphatic carbocycles. The van der Waals surface area contributed by atoms with Crippen molar-refractivity contribution in [2.45, 2.75) is 0 Å². The van der Waals surface area contributed by atoms with E-state index in [1.165, 1.54) is 59.6 Å². The number of benzene rings is 7. The molecule has 0 saturated heterocycles. The number of hydrogen-bond acceptors (Lipinski definition) is 2. The number of rotatable bonds is 2. The lowest BCUT2D eigenvalue weighted by molar-refractivity contribution is 1.01. The van der Waals surface area contributed by atoms with Crippen LogP contribution >= 0.6 is 0 Å². The molecule has 0 aliphatic heterocycles. The lowest BCUT2D eigenvalue weighted by Crippen LogP contribution is -2.03. The van der Waals surface area contributed by atoms with Crippen molar-refractivity contribution in [3.8, 4) is 17.2 Å². The third-order valence-corrected chi connectivity index (χ3v) is 10.1. The van der Waals surface area contributed by atoms with Crippen molar-refractivity contribution in [1.29, 1.82) is 0 Å². The number of hydrogen-bond donors (Lipinski definition) is 0. The Morgan fingerprint density at radius 3 is 2.02 bits per heavy atom. The highest BCUT2D eigenvalue weighted by molar-refractivity contribution is 6.38. The fraction of sp³-hybridized carbons (Fsp3) is 0. The molecular formula is C43H23N5. The number of para-hydroxylation sites is 3. The van der Waals surface area contributed by atoms with Gasteiger partial charge in [-0.3, -0.25) is 4.57 Å². The van der Waals surface area contributed by atoms with Crippen LogP contribution in [0.4, 0.5) is 5.69 Å². The van der Waals surface area contributed by atoms with E-state index in [-0.39, 0.29) is 0 Å². The van der Waals surface area contributed by atoms with Gasteiger partial charge in [0.25, 0.3) is 0 Å². The van der Waals surface area contributed by atoms with Gasteiger partial charge in [0, 0.05) is 37.7 Å². The number of fused-ring (bicyclic) bond motifs is 13. The standard InChI is InChI=1S/C43H23N5/c1-44-27-21-18-26(19-22-27)41-30-13-4-7-15-33(30)45-43(46-41)48-35-17-9-6-14-31(35)39-37(48)24-32-29-12-5-8-16-34(29)47-36-23-20-25-10-2-3-11-28(25)38(36)40(39)42(32)47/h2-24H. The smallest absolute Gasteiger partial charge is 0.235 e. The van der Waals surface area contributed by atoms with Crippen molar-refractivity contribution in [3.63, 3.8) is 0 Å². The second-order valence-electron chi connectivity index (χ2n) is 12.5. The molecule has 5 nitrogen and oxygen atoms in total. The maximum Gasteiger partial charge on any atom is 0.235 e. The Labute approximate surface area is 273 Å². The van der Waals surface area contributed by atoms with Crippen LogP contribution in [0.2, 0.25) is 0 Å². The molecule has 0 spiro atoms. The van der Waals surface area contributed by atoms with E-state index in [4.69, 9.17) is 16.5 Å². The minimum absolute atomic E-state index is 0.605. The molecule has 5 heteroatoms. The molecule has 11 rings (SSSR count). The normalized spacial score (nSPS) is 12.1. The zero-order chi connectivity index (χ0) is 31.5. The Hall–Kier alpha value is -6.77. The molecule has 0 N–H and O–H groups in total. The largest absolute Gasteiger partial charge is 0.308 e. The van der Waals surface area contributed by atoms with Crippen LogP contribution in [-0.4, -0.2) is 18.9 Å². The van der Waals surface area contributed by atoms with Gasteiger partial charge in [0.2, 0.25) is 5.95 Å². The first-order valence-electron chi connectivity index (χ1n) is 16.1. The Bertz CT molecular complexity index is 3170. The van der Waals surface area contributed by atoms with Crippen molar-refractivity contribution in [2.24, 2.45) is 0 Å². The van der Waals surface area contributed by atoms with Gasteiger partial charge in [-0.1, -0.05) is 109 Å². The topological polar surface area (TPSA) is 39.5 Å². The highest BCUT2D eigenvalue weighted by Crippen LogP contribution is 2.48. The molecule has 4 heterocycles. The van der Waals surface area contributed by atoms with Crippen LogP contribution in [0.15, 0.2) is 140 Å². The van der Waals surface area contributed by atoms with E-state index in [9.17, 15) is 0 Å². The molecule has 0 atom stereocenters. The van der Waals surface area contributed by atoms with Gasteiger partial charge in [0.15, 0.2) is 5.69 Å². The molecule has 4 aromatic heterocycles. The summed E-state index contributed by atoms with van der Waals surface area (Å²) in [5, 5.41) is 10.8. The predicted octanol–water partition coefficient (Wildman–Crippen LogP) is 11.2. The summed E-state index contributed by atoms with van der Waals surface area (Å²) < 4.78 is 4.71. The van der Waals surface area contributed by atoms with Crippen molar-refractivity contribution < 1.29 is 0 Å². The number of aromatic nitrogens is 4. The first-order valence-corrected chi connectivity index (χ1v) is 16.1. The summed E-state index contributed by atoms with van der Waals surface area (Å²) in [6, 6.07) is 48.8. The summed E-state index contributed by atoms with van der Waals surface area (Å²) in [6.45, 7) is 7.45. The van der Waals surface area contributed by atoms with Gasteiger partial charge in [-0.25, -0.2) is 14.8 Å². The zero-order valence-electron chi connectivity index (χ0n) is 25.5. The van der Waals surface area contributed by atoms with E-state index in [1.807, 2.05) is 36.4 Å². The summed E-state index contributed by atoms with van der Waals surface area (Å²) in [4.78, 5) is 14.2. The van der Waals surface area contributed by atoms with Crippen LogP contribution < -0.4 is 0 Å². The molecule has 0 unspecified atom stereocenters. The molecule has 48 heavy (non-hydrogen) atoms. The van der Waals surface area contributed by atoms with Gasteiger partial charge in [0.05, 0.1) is 45.4 Å². The Balaban J connectivity index is 1.37. The molecule has 0 bridgehead atoms. The minimum Gasteiger partial charge on any atom is -0.308 e. The monoisotopic (exact) mass is 609 g/mol. The van der Waals surface area contributed by atoms with Crippen molar-refractivity contribution in [1.82, 2.24) is 18.9 Å². The van der Waals surface area contributed by atoms with Crippen LogP contribution in [0.1, 0.15) is 0 Å². The molecule has 0 aliphatic rings. The Morgan fingerprint density at radius 2 is 1.19 bits per heavy atom. The lowest BCUT2D eigenvalue weighted by atomic mass is 9.98. The van der Waals surface area contributed by atoms with Gasteiger partial charge in [0.1, 0.15) is 0 Å². The quantitative estimate of drug-likeness (QED) is 0.183. The van der Waals surface area contributed by atoms with E-state index in [1.54, 1.807) is 0 Å². The van der Waals surface area contributed by atoms with Gasteiger partial charge in [-0.2, -0.15) is 0 Å². The van der Waals surface area contributed by atoms with Gasteiger partial charge in [-0.05, 0) is 46.7 Å². The van der Waals surface area contributed by atoms with Crippen LogP contribution in [0.3, 0.4) is 0 Å². The van der Waals surface area contributed by atoms with Crippen molar-refractivity contribution in [3.05, 3.63) is 151 Å². The second kappa shape index (κ2) is 9.16. The minimum atomic E-state index is 0.605. The average molecular weight is 610 g/mol. The summed E-state index contributed by atoms with van der Waals surface area (Å²) in [5.41, 5.74) is 9.08. The van der Waals surface area contributed by atoms with Crippen LogP contribution in [0, 0.1) is 6.57 Å². The van der Waals surface area contributed by atoms with E-state index >= 15 is 0 Å². The van der Waals surface area contributed by atoms with Gasteiger partial charge in [-0.15, -0.1) is 0 Å². The fourth-order valence-corrected chi connectivity index (χ4v) is 8.07. The predicted molar refractivity (Wildman–Crippen MR) is 198 cm³/mol. The third kappa shape index (κ3) is 3.18. The SMILES string of the molecule is [C-]#[N+]c1ccc(-c2nc(-n3c4ccccc4c4c5c6c7ccccc7ccc6n6c7ccccc7c(cc43)c56)nc3ccccc23)cc1. The fourth-order valence-electron chi connectivity index (χ4n) is 8.07. The first-order chi connectivity index (χ1) is 23.8. The molecule has 11 aromatic rings. The first kappa shape index (κ1) is 25.4. The van der Waals surface area contributed by atoms with Crippen LogP contribution in [-0.2, 0) is 0 Å². The van der Waals surface area contributed by atoms with Crippen molar-refractivity contribution >= 4 is 87.3 Å². The average Bonchev–Trinajstić information content (AvgIpc) is 3.79. The summed E-state index contributed by atoms with van der Waals surface area (Å²) in [7, 11) is 0. The molecule has 0 fully saturated rings. The lowest BCUT2D eigenvalue weighted by Gasteiger charge is -2.12. The van der Waals surface area contributed by atoms with Crippen molar-refractivity contribution in [2.75, 3.05) is 0 Å². The highest BCUT2D eigenvalue weighted by Gasteiger charge is 2.26. The van der Waals surface area contributed by atoms with Crippen LogP contribution in [0.25, 0.3) is 104 Å². The summed E-state index contributed by atoms with van der Waals surface area (Å²) in [6.07, 6.45) is 0. The molecule has 220 valence electrons. The molecular weight excluding hydrogens is 587 g/mol. The second-order valence-corrected chi connectivity index (χ2v) is 12.5. The molecule has 7 aromatic carbocycles. The molecule has 0 saturated carbocycles. The van der Waals surface area contributed by atoms with E-state index in [0.717, 1.165) is 33.2 Å².